The minimum atomic E-state index is 0.207. The van der Waals surface area contributed by atoms with Crippen LogP contribution in [-0.4, -0.2) is 9.55 Å². The maximum absolute atomic E-state index is 8.37. The van der Waals surface area contributed by atoms with Gasteiger partial charge in [-0.2, -0.15) is 5.26 Å². The minimum absolute atomic E-state index is 0.207. The van der Waals surface area contributed by atoms with E-state index in [1.165, 1.54) is 6.33 Å². The van der Waals surface area contributed by atoms with Gasteiger partial charge in [0.2, 0.25) is 0 Å². The molecule has 1 aromatic rings. The van der Waals surface area contributed by atoms with Gasteiger partial charge in [0.25, 0.3) is 0 Å². The van der Waals surface area contributed by atoms with Crippen molar-refractivity contribution in [2.45, 2.75) is 13.0 Å². The monoisotopic (exact) mass is 214 g/mol. The van der Waals surface area contributed by atoms with Crippen molar-refractivity contribution in [3.8, 4) is 6.07 Å². The van der Waals surface area contributed by atoms with E-state index in [1.807, 2.05) is 6.07 Å². The Morgan fingerprint density at radius 3 is 3.08 bits per heavy atom. The van der Waals surface area contributed by atoms with E-state index in [0.29, 0.717) is 17.6 Å². The van der Waals surface area contributed by atoms with Crippen LogP contribution < -0.4 is 5.73 Å². The molecule has 0 saturated carbocycles. The van der Waals surface area contributed by atoms with Gasteiger partial charge in [0.1, 0.15) is 10.3 Å². The summed E-state index contributed by atoms with van der Waals surface area (Å²) in [4.78, 5) is 3.82. The molecule has 0 atom stereocenters. The molecule has 0 saturated heterocycles. The molecule has 0 aliphatic heterocycles. The highest BCUT2D eigenvalue weighted by Crippen LogP contribution is 2.15. The van der Waals surface area contributed by atoms with Gasteiger partial charge in [-0.1, -0.05) is 23.8 Å². The lowest BCUT2D eigenvalue weighted by Crippen LogP contribution is -2.04. The van der Waals surface area contributed by atoms with Crippen molar-refractivity contribution in [3.05, 3.63) is 16.1 Å². The Bertz CT molecular complexity index is 406. The number of halogens is 1. The van der Waals surface area contributed by atoms with Crippen LogP contribution in [0.2, 0.25) is 5.15 Å². The highest BCUT2D eigenvalue weighted by Gasteiger charge is 2.01. The van der Waals surface area contributed by atoms with Gasteiger partial charge in [-0.15, -0.1) is 0 Å². The number of nitriles is 1. The summed E-state index contributed by atoms with van der Waals surface area (Å²) >= 11 is 10.6. The average molecular weight is 215 g/mol. The van der Waals surface area contributed by atoms with E-state index >= 15 is 0 Å². The fourth-order valence-corrected chi connectivity index (χ4v) is 1.24. The van der Waals surface area contributed by atoms with Crippen LogP contribution >= 0.6 is 23.8 Å². The number of hydrogen-bond acceptors (Lipinski definition) is 4. The SMILES string of the molecule is N#CCCn1cnc(Cl)c(N)c1=S. The van der Waals surface area contributed by atoms with E-state index < -0.39 is 0 Å². The zero-order valence-corrected chi connectivity index (χ0v) is 8.27. The lowest BCUT2D eigenvalue weighted by atomic mass is 10.4. The second kappa shape index (κ2) is 4.21. The summed E-state index contributed by atoms with van der Waals surface area (Å²) in [6.45, 7) is 0.490. The number of hydrogen-bond donors (Lipinski definition) is 1. The van der Waals surface area contributed by atoms with Crippen LogP contribution in [0.1, 0.15) is 6.42 Å². The van der Waals surface area contributed by atoms with Crippen LogP contribution in [0, 0.1) is 16.0 Å². The molecule has 0 aliphatic carbocycles. The van der Waals surface area contributed by atoms with E-state index in [1.54, 1.807) is 4.57 Å². The zero-order valence-electron chi connectivity index (χ0n) is 6.70. The first-order chi connectivity index (χ1) is 6.16. The molecule has 1 heterocycles. The summed E-state index contributed by atoms with van der Waals surface area (Å²) in [7, 11) is 0. The molecule has 6 heteroatoms. The summed E-state index contributed by atoms with van der Waals surface area (Å²) in [5, 5.41) is 8.57. The fraction of sp³-hybridized carbons (Fsp3) is 0.286. The third-order valence-electron chi connectivity index (χ3n) is 1.49. The van der Waals surface area contributed by atoms with Gasteiger partial charge in [0.15, 0.2) is 5.15 Å². The number of aryl methyl sites for hydroxylation is 1. The summed E-state index contributed by atoms with van der Waals surface area (Å²) in [5.74, 6) is 0. The van der Waals surface area contributed by atoms with Gasteiger partial charge in [-0.3, -0.25) is 0 Å². The second-order valence-corrected chi connectivity index (χ2v) is 3.10. The molecule has 1 aromatic heterocycles. The predicted molar refractivity (Wildman–Crippen MR) is 52.7 cm³/mol. The molecule has 0 aliphatic rings. The van der Waals surface area contributed by atoms with Gasteiger partial charge in [-0.05, 0) is 0 Å². The molecule has 0 radical (unpaired) electrons. The third kappa shape index (κ3) is 2.17. The van der Waals surface area contributed by atoms with E-state index in [-0.39, 0.29) is 10.8 Å². The molecule has 0 fully saturated rings. The molecule has 0 aromatic carbocycles. The van der Waals surface area contributed by atoms with Gasteiger partial charge >= 0.3 is 0 Å². The van der Waals surface area contributed by atoms with Gasteiger partial charge in [-0.25, -0.2) is 4.98 Å². The molecule has 0 spiro atoms. The Morgan fingerprint density at radius 2 is 2.46 bits per heavy atom. The Morgan fingerprint density at radius 1 is 1.77 bits per heavy atom. The number of nitrogens with zero attached hydrogens (tertiary/aromatic N) is 3. The lowest BCUT2D eigenvalue weighted by Gasteiger charge is -2.05. The topological polar surface area (TPSA) is 67.6 Å². The van der Waals surface area contributed by atoms with Crippen LogP contribution in [0.3, 0.4) is 0 Å². The first-order valence-electron chi connectivity index (χ1n) is 3.54. The van der Waals surface area contributed by atoms with Crippen LogP contribution in [-0.2, 0) is 6.54 Å². The van der Waals surface area contributed by atoms with Crippen molar-refractivity contribution in [2.24, 2.45) is 0 Å². The number of nitrogen functional groups attached to an aromatic ring is 1. The first kappa shape index (κ1) is 9.96. The molecule has 0 unspecified atom stereocenters. The maximum atomic E-state index is 8.37. The Labute approximate surface area is 85.6 Å². The molecule has 1 rings (SSSR count). The zero-order chi connectivity index (χ0) is 9.84. The van der Waals surface area contributed by atoms with Crippen molar-refractivity contribution in [1.82, 2.24) is 9.55 Å². The lowest BCUT2D eigenvalue weighted by molar-refractivity contribution is 0.686. The molecule has 0 bridgehead atoms. The fourth-order valence-electron chi connectivity index (χ4n) is 0.815. The quantitative estimate of drug-likeness (QED) is 0.602. The third-order valence-corrected chi connectivity index (χ3v) is 2.24. The highest BCUT2D eigenvalue weighted by atomic mass is 35.5. The Kier molecular flexibility index (Phi) is 3.23. The summed E-state index contributed by atoms with van der Waals surface area (Å²) in [6, 6.07) is 2.01. The largest absolute Gasteiger partial charge is 0.394 e. The molecule has 4 nitrogen and oxygen atoms in total. The molecular weight excluding hydrogens is 208 g/mol. The number of rotatable bonds is 2. The Hall–Kier alpha value is -1.12. The molecule has 0 amide bonds. The molecular formula is C7H7ClN4S. The van der Waals surface area contributed by atoms with Crippen molar-refractivity contribution in [3.63, 3.8) is 0 Å². The number of anilines is 1. The van der Waals surface area contributed by atoms with Gasteiger partial charge < -0.3 is 10.3 Å². The standard InChI is InChI=1S/C7H7ClN4S/c8-6-5(10)7(13)12(4-11-6)3-1-2-9/h4H,1,3,10H2. The maximum Gasteiger partial charge on any atom is 0.156 e. The van der Waals surface area contributed by atoms with E-state index in [9.17, 15) is 0 Å². The smallest absolute Gasteiger partial charge is 0.156 e. The van der Waals surface area contributed by atoms with Crippen LogP contribution in [0.5, 0.6) is 0 Å². The molecule has 2 N–H and O–H groups in total. The van der Waals surface area contributed by atoms with Crippen molar-refractivity contribution < 1.29 is 0 Å². The molecule has 13 heavy (non-hydrogen) atoms. The summed E-state index contributed by atoms with van der Waals surface area (Å²) < 4.78 is 2.05. The van der Waals surface area contributed by atoms with Crippen LogP contribution in [0.25, 0.3) is 0 Å². The highest BCUT2D eigenvalue weighted by molar-refractivity contribution is 7.71. The minimum Gasteiger partial charge on any atom is -0.394 e. The summed E-state index contributed by atoms with van der Waals surface area (Å²) in [5.41, 5.74) is 5.84. The van der Waals surface area contributed by atoms with Gasteiger partial charge in [0, 0.05) is 6.54 Å². The Balaban J connectivity index is 3.06. The van der Waals surface area contributed by atoms with E-state index in [2.05, 4.69) is 4.98 Å². The van der Waals surface area contributed by atoms with Crippen molar-refractivity contribution in [1.29, 1.82) is 5.26 Å². The second-order valence-electron chi connectivity index (χ2n) is 2.36. The first-order valence-corrected chi connectivity index (χ1v) is 4.32. The normalized spacial score (nSPS) is 9.54. The average Bonchev–Trinajstić information content (AvgIpc) is 2.13. The number of nitrogens with two attached hydrogens (primary N) is 1. The van der Waals surface area contributed by atoms with E-state index in [4.69, 9.17) is 34.8 Å². The van der Waals surface area contributed by atoms with Crippen LogP contribution in [0.4, 0.5) is 5.69 Å². The predicted octanol–water partition coefficient (Wildman–Crippen LogP) is 1.76. The van der Waals surface area contributed by atoms with Gasteiger partial charge in [0.05, 0.1) is 18.8 Å². The van der Waals surface area contributed by atoms with Crippen molar-refractivity contribution >= 4 is 29.5 Å². The number of aromatic nitrogens is 2. The summed E-state index contributed by atoms with van der Waals surface area (Å²) in [6.07, 6.45) is 1.86. The van der Waals surface area contributed by atoms with Crippen molar-refractivity contribution in [2.75, 3.05) is 5.73 Å². The van der Waals surface area contributed by atoms with E-state index in [0.717, 1.165) is 0 Å². The van der Waals surface area contributed by atoms with Crippen LogP contribution in [0.15, 0.2) is 6.33 Å². The molecule has 68 valence electrons.